The van der Waals surface area contributed by atoms with Gasteiger partial charge in [-0.2, -0.15) is 31.4 Å². The Morgan fingerprint density at radius 2 is 1.58 bits per heavy atom. The first-order valence-electron chi connectivity index (χ1n) is 7.08. The van der Waals surface area contributed by atoms with Gasteiger partial charge in [-0.15, -0.1) is 0 Å². The Kier molecular flexibility index (Phi) is 4.79. The molecule has 11 heteroatoms. The zero-order valence-electron chi connectivity index (χ0n) is 13.4. The molecular weight excluding hydrogens is 368 g/mol. The molecule has 0 bridgehead atoms. The molecule has 1 heterocycles. The molecule has 1 aromatic heterocycles. The first-order valence-corrected chi connectivity index (χ1v) is 7.08. The van der Waals surface area contributed by atoms with E-state index in [0.717, 1.165) is 16.8 Å². The number of hydrogen-bond donors (Lipinski definition) is 2. The summed E-state index contributed by atoms with van der Waals surface area (Å²) < 4.78 is 78.5. The van der Waals surface area contributed by atoms with Crippen LogP contribution in [0.15, 0.2) is 30.3 Å². The van der Waals surface area contributed by atoms with E-state index < -0.39 is 29.4 Å². The second-order valence-corrected chi connectivity index (χ2v) is 5.52. The summed E-state index contributed by atoms with van der Waals surface area (Å²) >= 11 is 0. The molecule has 0 radical (unpaired) electrons. The molecule has 0 aliphatic heterocycles. The van der Waals surface area contributed by atoms with Crippen molar-refractivity contribution < 1.29 is 36.2 Å². The van der Waals surface area contributed by atoms with E-state index >= 15 is 0 Å². The first kappa shape index (κ1) is 19.8. The minimum atomic E-state index is -5.96. The van der Waals surface area contributed by atoms with Crippen LogP contribution in [0.3, 0.4) is 0 Å². The highest BCUT2D eigenvalue weighted by atomic mass is 19.4. The number of anilines is 1. The molecule has 1 aromatic carbocycles. The number of nitrogens with zero attached hydrogens (tertiary/aromatic N) is 2. The van der Waals surface area contributed by atoms with Gasteiger partial charge in [0.1, 0.15) is 5.82 Å². The number of alkyl halides is 6. The van der Waals surface area contributed by atoms with E-state index in [4.69, 9.17) is 0 Å². The van der Waals surface area contributed by atoms with Gasteiger partial charge in [0.2, 0.25) is 5.91 Å². The Balaban J connectivity index is 2.51. The SMILES string of the molecule is CC(=O)Nc1cc(C)nn1-c1ccc(C(O)(C(F)(F)F)C(F)(F)F)cc1. The quantitative estimate of drug-likeness (QED) is 0.801. The van der Waals surface area contributed by atoms with Crippen LogP contribution >= 0.6 is 0 Å². The zero-order valence-corrected chi connectivity index (χ0v) is 13.4. The van der Waals surface area contributed by atoms with Gasteiger partial charge in [0.05, 0.1) is 11.4 Å². The second-order valence-electron chi connectivity index (χ2n) is 5.52. The standard InChI is InChI=1S/C15H13F6N3O2/c1-8-7-12(22-9(2)25)24(23-8)11-5-3-10(4-6-11)13(26,14(16,17)18)15(19,20)21/h3-7,26H,1-2H3,(H,22,25). The highest BCUT2D eigenvalue weighted by molar-refractivity contribution is 5.88. The average Bonchev–Trinajstić information content (AvgIpc) is 2.84. The fraction of sp³-hybridized carbons (Fsp3) is 0.333. The number of halogens is 6. The lowest BCUT2D eigenvalue weighted by molar-refractivity contribution is -0.376. The molecule has 142 valence electrons. The van der Waals surface area contributed by atoms with E-state index in [1.54, 1.807) is 6.92 Å². The van der Waals surface area contributed by atoms with Crippen molar-refractivity contribution >= 4 is 11.7 Å². The molecular formula is C15H13F6N3O2. The molecule has 0 saturated heterocycles. The third-order valence-corrected chi connectivity index (χ3v) is 3.49. The van der Waals surface area contributed by atoms with E-state index in [1.807, 2.05) is 0 Å². The van der Waals surface area contributed by atoms with Gasteiger partial charge in [-0.3, -0.25) is 4.79 Å². The largest absolute Gasteiger partial charge is 0.430 e. The van der Waals surface area contributed by atoms with Gasteiger partial charge in [0.15, 0.2) is 0 Å². The Labute approximate surface area is 143 Å². The topological polar surface area (TPSA) is 67.2 Å². The van der Waals surface area contributed by atoms with Crippen molar-refractivity contribution in [1.82, 2.24) is 9.78 Å². The van der Waals surface area contributed by atoms with Crippen LogP contribution in [0.4, 0.5) is 32.2 Å². The summed E-state index contributed by atoms with van der Waals surface area (Å²) in [5.74, 6) is -0.254. The summed E-state index contributed by atoms with van der Waals surface area (Å²) in [5.41, 5.74) is -5.83. The molecule has 26 heavy (non-hydrogen) atoms. The molecule has 0 spiro atoms. The molecule has 2 aromatic rings. The van der Waals surface area contributed by atoms with Crippen molar-refractivity contribution in [2.24, 2.45) is 0 Å². The van der Waals surface area contributed by atoms with Crippen LogP contribution in [0, 0.1) is 6.92 Å². The number of rotatable bonds is 3. The van der Waals surface area contributed by atoms with Crippen LogP contribution in [0.5, 0.6) is 0 Å². The normalized spacial score (nSPS) is 13.0. The number of carbonyl (C=O) groups excluding carboxylic acids is 1. The number of amides is 1. The first-order chi connectivity index (χ1) is 11.8. The number of benzene rings is 1. The molecule has 2 N–H and O–H groups in total. The van der Waals surface area contributed by atoms with Crippen LogP contribution in [0.1, 0.15) is 18.2 Å². The maximum Gasteiger partial charge on any atom is 0.430 e. The predicted octanol–water partition coefficient (Wildman–Crippen LogP) is 3.45. The average molecular weight is 381 g/mol. The lowest BCUT2D eigenvalue weighted by Crippen LogP contribution is -2.53. The van der Waals surface area contributed by atoms with Gasteiger partial charge in [-0.25, -0.2) is 4.68 Å². The fourth-order valence-electron chi connectivity index (χ4n) is 2.30. The molecule has 0 saturated carbocycles. The van der Waals surface area contributed by atoms with E-state index in [0.29, 0.717) is 17.8 Å². The van der Waals surface area contributed by atoms with Gasteiger partial charge in [-0.1, -0.05) is 12.1 Å². The number of nitrogens with one attached hydrogen (secondary N) is 1. The summed E-state index contributed by atoms with van der Waals surface area (Å²) in [6.45, 7) is 2.81. The lowest BCUT2D eigenvalue weighted by Gasteiger charge is -2.32. The molecule has 2 rings (SSSR count). The van der Waals surface area contributed by atoms with Crippen molar-refractivity contribution in [1.29, 1.82) is 0 Å². The maximum absolute atomic E-state index is 12.9. The third kappa shape index (κ3) is 3.39. The Hall–Kier alpha value is -2.56. The molecule has 0 fully saturated rings. The van der Waals surface area contributed by atoms with Crippen LogP contribution in [0.2, 0.25) is 0 Å². The van der Waals surface area contributed by atoms with Crippen LogP contribution in [-0.4, -0.2) is 33.1 Å². The number of carbonyl (C=O) groups is 1. The Morgan fingerprint density at radius 1 is 1.08 bits per heavy atom. The number of aliphatic hydroxyl groups is 1. The summed E-state index contributed by atoms with van der Waals surface area (Å²) in [6.07, 6.45) is -11.9. The molecule has 0 unspecified atom stereocenters. The molecule has 0 aliphatic rings. The Morgan fingerprint density at radius 3 is 2.00 bits per heavy atom. The maximum atomic E-state index is 12.9. The van der Waals surface area contributed by atoms with E-state index in [2.05, 4.69) is 10.4 Å². The minimum Gasteiger partial charge on any atom is -0.369 e. The van der Waals surface area contributed by atoms with Crippen molar-refractivity contribution in [2.45, 2.75) is 31.8 Å². The number of aryl methyl sites for hydroxylation is 1. The van der Waals surface area contributed by atoms with Crippen molar-refractivity contribution in [2.75, 3.05) is 5.32 Å². The summed E-state index contributed by atoms with van der Waals surface area (Å²) in [4.78, 5) is 11.2. The Bertz CT molecular complexity index is 794. The van der Waals surface area contributed by atoms with Crippen LogP contribution in [-0.2, 0) is 10.4 Å². The highest BCUT2D eigenvalue weighted by Crippen LogP contribution is 2.50. The number of aromatic nitrogens is 2. The molecule has 0 aliphatic carbocycles. The molecule has 0 atom stereocenters. The van der Waals surface area contributed by atoms with E-state index in [9.17, 15) is 36.2 Å². The highest BCUT2D eigenvalue weighted by Gasteiger charge is 2.71. The minimum absolute atomic E-state index is 0.0947. The summed E-state index contributed by atoms with van der Waals surface area (Å²) in [6, 6.07) is 4.33. The monoisotopic (exact) mass is 381 g/mol. The van der Waals surface area contributed by atoms with Crippen molar-refractivity contribution in [3.05, 3.63) is 41.6 Å². The zero-order chi connectivity index (χ0) is 19.9. The number of hydrogen-bond acceptors (Lipinski definition) is 3. The summed E-state index contributed by atoms with van der Waals surface area (Å²) in [5, 5.41) is 15.8. The van der Waals surface area contributed by atoms with Crippen LogP contribution in [0.25, 0.3) is 5.69 Å². The van der Waals surface area contributed by atoms with Gasteiger partial charge >= 0.3 is 12.4 Å². The van der Waals surface area contributed by atoms with Gasteiger partial charge in [-0.05, 0) is 19.1 Å². The lowest BCUT2D eigenvalue weighted by atomic mass is 9.92. The molecule has 5 nitrogen and oxygen atoms in total. The van der Waals surface area contributed by atoms with Crippen LogP contribution < -0.4 is 5.32 Å². The second kappa shape index (κ2) is 6.31. The van der Waals surface area contributed by atoms with Gasteiger partial charge in [0.25, 0.3) is 5.60 Å². The van der Waals surface area contributed by atoms with Crippen molar-refractivity contribution in [3.8, 4) is 5.69 Å². The smallest absolute Gasteiger partial charge is 0.369 e. The van der Waals surface area contributed by atoms with E-state index in [1.165, 1.54) is 13.0 Å². The molecule has 1 amide bonds. The van der Waals surface area contributed by atoms with Gasteiger partial charge < -0.3 is 10.4 Å². The van der Waals surface area contributed by atoms with Gasteiger partial charge in [0, 0.05) is 18.6 Å². The summed E-state index contributed by atoms with van der Waals surface area (Å²) in [7, 11) is 0. The van der Waals surface area contributed by atoms with Crippen molar-refractivity contribution in [3.63, 3.8) is 0 Å². The fourth-order valence-corrected chi connectivity index (χ4v) is 2.30. The van der Waals surface area contributed by atoms with E-state index in [-0.39, 0.29) is 11.5 Å². The predicted molar refractivity (Wildman–Crippen MR) is 78.6 cm³/mol. The third-order valence-electron chi connectivity index (χ3n) is 3.49.